The maximum atomic E-state index is 11.7. The average molecular weight is 348 g/mol. The Morgan fingerprint density at radius 1 is 1.25 bits per heavy atom. The van der Waals surface area contributed by atoms with Gasteiger partial charge in [0.25, 0.3) is 5.91 Å². The Labute approximate surface area is 142 Å². The van der Waals surface area contributed by atoms with Crippen LogP contribution in [0.1, 0.15) is 22.2 Å². The van der Waals surface area contributed by atoms with Crippen molar-refractivity contribution in [2.24, 2.45) is 10.9 Å². The lowest BCUT2D eigenvalue weighted by molar-refractivity contribution is -0.119. The van der Waals surface area contributed by atoms with Gasteiger partial charge in [0.15, 0.2) is 18.1 Å². The summed E-state index contributed by atoms with van der Waals surface area (Å²) in [5.41, 5.74) is 5.70. The van der Waals surface area contributed by atoms with Crippen LogP contribution in [0.2, 0.25) is 0 Å². The van der Waals surface area contributed by atoms with Crippen molar-refractivity contribution in [2.45, 2.75) is 6.92 Å². The van der Waals surface area contributed by atoms with Gasteiger partial charge < -0.3 is 20.0 Å². The molecule has 2 N–H and O–H groups in total. The highest BCUT2D eigenvalue weighted by Gasteiger charge is 2.09. The summed E-state index contributed by atoms with van der Waals surface area (Å²) in [6, 6.07) is 8.37. The summed E-state index contributed by atoms with van der Waals surface area (Å²) in [7, 11) is 0. The van der Waals surface area contributed by atoms with Crippen LogP contribution in [-0.4, -0.2) is 31.3 Å². The molecule has 1 aromatic carbocycles. The predicted octanol–water partition coefficient (Wildman–Crippen LogP) is 2.20. The molecule has 0 saturated heterocycles. The second kappa shape index (κ2) is 8.68. The smallest absolute Gasteiger partial charge is 0.375 e. The molecule has 0 aliphatic heterocycles. The van der Waals surface area contributed by atoms with Gasteiger partial charge in [-0.05, 0) is 36.6 Å². The third kappa shape index (κ3) is 5.10. The summed E-state index contributed by atoms with van der Waals surface area (Å²) < 4.78 is 10.7. The van der Waals surface area contributed by atoms with E-state index >= 15 is 0 Å². The summed E-state index contributed by atoms with van der Waals surface area (Å²) in [5, 5.41) is 5.44. The van der Waals surface area contributed by atoms with Gasteiger partial charge in [0.1, 0.15) is 4.88 Å². The molecule has 1 amide bonds. The maximum Gasteiger partial charge on any atom is 0.375 e. The van der Waals surface area contributed by atoms with Crippen LogP contribution in [0.3, 0.4) is 0 Å². The van der Waals surface area contributed by atoms with Crippen molar-refractivity contribution in [1.29, 1.82) is 0 Å². The quantitative estimate of drug-likeness (QED) is 0.448. The van der Waals surface area contributed by atoms with Crippen LogP contribution in [0.5, 0.6) is 11.5 Å². The zero-order valence-electron chi connectivity index (χ0n) is 12.9. The first-order chi connectivity index (χ1) is 11.6. The van der Waals surface area contributed by atoms with E-state index in [1.165, 1.54) is 17.6 Å². The number of carbonyl (C=O) groups is 2. The molecule has 0 fully saturated rings. The molecular formula is C16H16N2O5S. The van der Waals surface area contributed by atoms with Crippen LogP contribution in [0, 0.1) is 0 Å². The molecular weight excluding hydrogens is 332 g/mol. The van der Waals surface area contributed by atoms with Crippen molar-refractivity contribution in [3.05, 3.63) is 46.2 Å². The predicted molar refractivity (Wildman–Crippen MR) is 89.6 cm³/mol. The molecule has 0 saturated carbocycles. The van der Waals surface area contributed by atoms with E-state index in [-0.39, 0.29) is 6.61 Å². The topological polar surface area (TPSA) is 100 Å². The Hall–Kier alpha value is -2.87. The molecule has 0 bridgehead atoms. The SMILES string of the molecule is CCOc1cc(C=NOC(=O)c2cccs2)ccc1OCC(N)=O. The van der Waals surface area contributed by atoms with E-state index in [2.05, 4.69) is 5.16 Å². The molecule has 0 aliphatic rings. The number of primary amides is 1. The molecule has 8 heteroatoms. The minimum atomic E-state index is -0.580. The van der Waals surface area contributed by atoms with Gasteiger partial charge in [0.2, 0.25) is 0 Å². The number of hydrogen-bond donors (Lipinski definition) is 1. The lowest BCUT2D eigenvalue weighted by Gasteiger charge is -2.11. The fourth-order valence-corrected chi connectivity index (χ4v) is 2.31. The number of thiophene rings is 1. The zero-order valence-corrected chi connectivity index (χ0v) is 13.7. The van der Waals surface area contributed by atoms with Gasteiger partial charge >= 0.3 is 5.97 Å². The molecule has 1 aromatic heterocycles. The summed E-state index contributed by atoms with van der Waals surface area (Å²) in [6.45, 7) is 1.99. The molecule has 0 atom stereocenters. The summed E-state index contributed by atoms with van der Waals surface area (Å²) in [5.74, 6) is -0.271. The van der Waals surface area contributed by atoms with E-state index in [0.29, 0.717) is 28.5 Å². The molecule has 0 unspecified atom stereocenters. The van der Waals surface area contributed by atoms with Crippen molar-refractivity contribution in [3.63, 3.8) is 0 Å². The Balaban J connectivity index is 2.04. The number of oxime groups is 1. The first-order valence-corrected chi connectivity index (χ1v) is 7.94. The molecule has 24 heavy (non-hydrogen) atoms. The highest BCUT2D eigenvalue weighted by atomic mass is 32.1. The molecule has 0 radical (unpaired) electrons. The Bertz CT molecular complexity index is 728. The molecule has 7 nitrogen and oxygen atoms in total. The number of nitrogens with two attached hydrogens (primary N) is 1. The minimum absolute atomic E-state index is 0.244. The first-order valence-electron chi connectivity index (χ1n) is 7.06. The molecule has 126 valence electrons. The molecule has 0 spiro atoms. The fourth-order valence-electron chi connectivity index (χ4n) is 1.72. The second-order valence-electron chi connectivity index (χ2n) is 4.48. The van der Waals surface area contributed by atoms with Crippen LogP contribution in [-0.2, 0) is 9.63 Å². The minimum Gasteiger partial charge on any atom is -0.490 e. The van der Waals surface area contributed by atoms with Gasteiger partial charge in [-0.3, -0.25) is 4.79 Å². The zero-order chi connectivity index (χ0) is 17.4. The largest absolute Gasteiger partial charge is 0.490 e. The van der Waals surface area contributed by atoms with Crippen molar-refractivity contribution in [2.75, 3.05) is 13.2 Å². The summed E-state index contributed by atoms with van der Waals surface area (Å²) >= 11 is 1.27. The standard InChI is InChI=1S/C16H16N2O5S/c1-2-21-13-8-11(5-6-12(13)22-10-15(17)19)9-18-23-16(20)14-4-3-7-24-14/h3-9H,2,10H2,1H3,(H2,17,19). The maximum absolute atomic E-state index is 11.7. The van der Waals surface area contributed by atoms with Crippen LogP contribution in [0.15, 0.2) is 40.9 Å². The highest BCUT2D eigenvalue weighted by molar-refractivity contribution is 7.11. The van der Waals surface area contributed by atoms with Gasteiger partial charge in [0.05, 0.1) is 12.8 Å². The number of benzene rings is 1. The van der Waals surface area contributed by atoms with Crippen LogP contribution < -0.4 is 15.2 Å². The molecule has 2 aromatic rings. The van der Waals surface area contributed by atoms with Crippen LogP contribution >= 0.6 is 11.3 Å². The Morgan fingerprint density at radius 2 is 2.08 bits per heavy atom. The second-order valence-corrected chi connectivity index (χ2v) is 5.43. The van der Waals surface area contributed by atoms with Crippen molar-refractivity contribution < 1.29 is 23.9 Å². The third-order valence-electron chi connectivity index (χ3n) is 2.70. The van der Waals surface area contributed by atoms with Gasteiger partial charge in [-0.15, -0.1) is 11.3 Å². The lowest BCUT2D eigenvalue weighted by atomic mass is 10.2. The van der Waals surface area contributed by atoms with Crippen molar-refractivity contribution in [3.8, 4) is 11.5 Å². The van der Waals surface area contributed by atoms with Gasteiger partial charge in [-0.25, -0.2) is 4.79 Å². The van der Waals surface area contributed by atoms with E-state index in [0.717, 1.165) is 0 Å². The van der Waals surface area contributed by atoms with E-state index in [9.17, 15) is 9.59 Å². The van der Waals surface area contributed by atoms with Gasteiger partial charge in [-0.1, -0.05) is 11.2 Å². The van der Waals surface area contributed by atoms with E-state index in [1.54, 1.807) is 35.7 Å². The number of carbonyl (C=O) groups excluding carboxylic acids is 2. The number of ether oxygens (including phenoxy) is 2. The first kappa shape index (κ1) is 17.5. The van der Waals surface area contributed by atoms with E-state index in [1.807, 2.05) is 6.92 Å². The normalized spacial score (nSPS) is 10.5. The van der Waals surface area contributed by atoms with Crippen molar-refractivity contribution >= 4 is 29.4 Å². The Morgan fingerprint density at radius 3 is 2.75 bits per heavy atom. The summed E-state index contributed by atoms with van der Waals surface area (Å²) in [6.07, 6.45) is 1.38. The van der Waals surface area contributed by atoms with E-state index < -0.39 is 11.9 Å². The average Bonchev–Trinajstić information content (AvgIpc) is 3.08. The number of hydrogen-bond acceptors (Lipinski definition) is 7. The van der Waals surface area contributed by atoms with Crippen molar-refractivity contribution in [1.82, 2.24) is 0 Å². The Kier molecular flexibility index (Phi) is 6.32. The summed E-state index contributed by atoms with van der Waals surface area (Å²) in [4.78, 5) is 27.7. The lowest BCUT2D eigenvalue weighted by Crippen LogP contribution is -2.20. The third-order valence-corrected chi connectivity index (χ3v) is 3.55. The molecule has 1 heterocycles. The van der Waals surface area contributed by atoms with Gasteiger partial charge in [0, 0.05) is 5.56 Å². The fraction of sp³-hybridized carbons (Fsp3) is 0.188. The molecule has 2 rings (SSSR count). The monoisotopic (exact) mass is 348 g/mol. The van der Waals surface area contributed by atoms with Crippen LogP contribution in [0.25, 0.3) is 0 Å². The number of amides is 1. The van der Waals surface area contributed by atoms with E-state index in [4.69, 9.17) is 20.0 Å². The van der Waals surface area contributed by atoms with Crippen LogP contribution in [0.4, 0.5) is 0 Å². The molecule has 0 aliphatic carbocycles. The number of nitrogens with zero attached hydrogens (tertiary/aromatic N) is 1. The highest BCUT2D eigenvalue weighted by Crippen LogP contribution is 2.28. The van der Waals surface area contributed by atoms with Gasteiger partial charge in [-0.2, -0.15) is 0 Å². The number of rotatable bonds is 8.